The summed E-state index contributed by atoms with van der Waals surface area (Å²) in [4.78, 5) is 4.60. The summed E-state index contributed by atoms with van der Waals surface area (Å²) in [6.45, 7) is 7.38. The first-order valence-corrected chi connectivity index (χ1v) is 7.54. The lowest BCUT2D eigenvalue weighted by Crippen LogP contribution is -1.95. The number of hydrogen-bond acceptors (Lipinski definition) is 3. The monoisotopic (exact) mass is 272 g/mol. The summed E-state index contributed by atoms with van der Waals surface area (Å²) in [7, 11) is 0. The van der Waals surface area contributed by atoms with Gasteiger partial charge < -0.3 is 5.32 Å². The van der Waals surface area contributed by atoms with Crippen LogP contribution in [0.3, 0.4) is 0 Å². The second-order valence-electron chi connectivity index (χ2n) is 4.75. The number of aromatic nitrogens is 1. The smallest absolute Gasteiger partial charge is 0.116 e. The van der Waals surface area contributed by atoms with Crippen molar-refractivity contribution in [1.29, 1.82) is 0 Å². The van der Waals surface area contributed by atoms with Gasteiger partial charge in [0.05, 0.1) is 5.69 Å². The van der Waals surface area contributed by atoms with Crippen molar-refractivity contribution in [3.8, 4) is 0 Å². The molecule has 0 saturated heterocycles. The van der Waals surface area contributed by atoms with Gasteiger partial charge in [-0.2, -0.15) is 0 Å². The molecule has 1 aromatic heterocycles. The van der Waals surface area contributed by atoms with E-state index in [9.17, 15) is 0 Å². The molecule has 100 valence electrons. The minimum absolute atomic E-state index is 0.496. The molecule has 0 radical (unpaired) electrons. The number of thiazole rings is 1. The molecule has 0 bridgehead atoms. The van der Waals surface area contributed by atoms with Crippen LogP contribution in [0.4, 0.5) is 5.69 Å². The predicted molar refractivity (Wildman–Crippen MR) is 85.7 cm³/mol. The van der Waals surface area contributed by atoms with E-state index < -0.39 is 0 Å². The van der Waals surface area contributed by atoms with Crippen molar-refractivity contribution in [2.24, 2.45) is 0 Å². The van der Waals surface area contributed by atoms with Gasteiger partial charge >= 0.3 is 0 Å². The minimum atomic E-state index is 0.496. The number of nitrogens with zero attached hydrogens (tertiary/aromatic N) is 1. The lowest BCUT2D eigenvalue weighted by Gasteiger charge is -2.03. The number of hydrogen-bond donors (Lipinski definition) is 1. The quantitative estimate of drug-likeness (QED) is 0.840. The summed E-state index contributed by atoms with van der Waals surface area (Å²) >= 11 is 1.70. The second kappa shape index (κ2) is 6.53. The summed E-state index contributed by atoms with van der Waals surface area (Å²) in [5, 5.41) is 6.52. The second-order valence-corrected chi connectivity index (χ2v) is 5.64. The average Bonchev–Trinajstić information content (AvgIpc) is 2.86. The van der Waals surface area contributed by atoms with Crippen LogP contribution in [0.25, 0.3) is 12.2 Å². The van der Waals surface area contributed by atoms with Crippen LogP contribution in [0, 0.1) is 0 Å². The summed E-state index contributed by atoms with van der Waals surface area (Å²) in [6, 6.07) is 8.41. The van der Waals surface area contributed by atoms with Gasteiger partial charge in [0.1, 0.15) is 5.01 Å². The number of benzene rings is 1. The molecule has 0 unspecified atom stereocenters. The highest BCUT2D eigenvalue weighted by Crippen LogP contribution is 2.20. The Morgan fingerprint density at radius 1 is 1.32 bits per heavy atom. The third-order valence-corrected chi connectivity index (χ3v) is 3.65. The fourth-order valence-electron chi connectivity index (χ4n) is 1.77. The molecule has 2 nitrogen and oxygen atoms in total. The zero-order valence-electron chi connectivity index (χ0n) is 11.7. The Morgan fingerprint density at radius 2 is 2.16 bits per heavy atom. The van der Waals surface area contributed by atoms with Crippen molar-refractivity contribution >= 4 is 29.2 Å². The first kappa shape index (κ1) is 13.8. The van der Waals surface area contributed by atoms with Crippen molar-refractivity contribution in [2.75, 3.05) is 11.9 Å². The molecule has 0 spiro atoms. The molecule has 0 aliphatic rings. The molecule has 3 heteroatoms. The highest BCUT2D eigenvalue weighted by Gasteiger charge is 2.03. The molecule has 1 N–H and O–H groups in total. The Bertz CT molecular complexity index is 555. The third kappa shape index (κ3) is 3.93. The van der Waals surface area contributed by atoms with Crippen LogP contribution in [0.5, 0.6) is 0 Å². The van der Waals surface area contributed by atoms with Crippen LogP contribution >= 0.6 is 11.3 Å². The topological polar surface area (TPSA) is 24.9 Å². The van der Waals surface area contributed by atoms with Gasteiger partial charge in [-0.05, 0) is 36.6 Å². The van der Waals surface area contributed by atoms with Gasteiger partial charge in [-0.1, -0.05) is 32.1 Å². The molecular weight excluding hydrogens is 252 g/mol. The van der Waals surface area contributed by atoms with Crippen molar-refractivity contribution in [2.45, 2.75) is 26.7 Å². The average molecular weight is 272 g/mol. The van der Waals surface area contributed by atoms with Gasteiger partial charge in [-0.15, -0.1) is 11.3 Å². The van der Waals surface area contributed by atoms with E-state index in [0.29, 0.717) is 5.92 Å². The van der Waals surface area contributed by atoms with Crippen LogP contribution < -0.4 is 5.32 Å². The van der Waals surface area contributed by atoms with E-state index >= 15 is 0 Å². The molecule has 0 saturated carbocycles. The van der Waals surface area contributed by atoms with E-state index in [1.807, 2.05) is 0 Å². The fraction of sp³-hybridized carbons (Fsp3) is 0.312. The van der Waals surface area contributed by atoms with E-state index in [0.717, 1.165) is 17.2 Å². The van der Waals surface area contributed by atoms with Gasteiger partial charge in [0.15, 0.2) is 0 Å². The van der Waals surface area contributed by atoms with Crippen molar-refractivity contribution in [1.82, 2.24) is 4.98 Å². The molecule has 0 amide bonds. The van der Waals surface area contributed by atoms with Crippen molar-refractivity contribution in [3.63, 3.8) is 0 Å². The van der Waals surface area contributed by atoms with E-state index in [2.05, 4.69) is 72.9 Å². The normalized spacial score (nSPS) is 11.4. The van der Waals surface area contributed by atoms with Gasteiger partial charge in [0.25, 0.3) is 0 Å². The van der Waals surface area contributed by atoms with Gasteiger partial charge in [-0.3, -0.25) is 0 Å². The van der Waals surface area contributed by atoms with Gasteiger partial charge in [-0.25, -0.2) is 4.98 Å². The Labute approximate surface area is 119 Å². The molecule has 2 aromatic rings. The van der Waals surface area contributed by atoms with E-state index in [1.165, 1.54) is 11.3 Å². The van der Waals surface area contributed by atoms with Crippen LogP contribution in [-0.4, -0.2) is 11.5 Å². The molecule has 1 aromatic carbocycles. The van der Waals surface area contributed by atoms with Gasteiger partial charge in [0.2, 0.25) is 0 Å². The standard InChI is InChI=1S/C16H20N2S/c1-4-17-14-7-5-6-13(10-14)8-9-16-18-15(11-19-16)12(2)3/h5-12,17H,4H2,1-3H3/b9-8+. The Morgan fingerprint density at radius 3 is 2.84 bits per heavy atom. The largest absolute Gasteiger partial charge is 0.385 e. The molecule has 0 fully saturated rings. The number of rotatable bonds is 5. The Balaban J connectivity index is 2.10. The van der Waals surface area contributed by atoms with Gasteiger partial charge in [0, 0.05) is 17.6 Å². The van der Waals surface area contributed by atoms with E-state index in [4.69, 9.17) is 0 Å². The fourth-order valence-corrected chi connectivity index (χ4v) is 2.64. The van der Waals surface area contributed by atoms with Crippen LogP contribution in [0.15, 0.2) is 29.6 Å². The van der Waals surface area contributed by atoms with Crippen LogP contribution in [-0.2, 0) is 0 Å². The van der Waals surface area contributed by atoms with Crippen LogP contribution in [0.2, 0.25) is 0 Å². The third-order valence-electron chi connectivity index (χ3n) is 2.82. The first-order valence-electron chi connectivity index (χ1n) is 6.66. The van der Waals surface area contributed by atoms with Crippen molar-refractivity contribution in [3.05, 3.63) is 45.9 Å². The highest BCUT2D eigenvalue weighted by molar-refractivity contribution is 7.10. The summed E-state index contributed by atoms with van der Waals surface area (Å²) in [6.07, 6.45) is 4.20. The molecule has 19 heavy (non-hydrogen) atoms. The minimum Gasteiger partial charge on any atom is -0.385 e. The number of anilines is 1. The summed E-state index contributed by atoms with van der Waals surface area (Å²) in [5.41, 5.74) is 3.53. The zero-order chi connectivity index (χ0) is 13.7. The maximum atomic E-state index is 4.60. The maximum absolute atomic E-state index is 4.60. The van der Waals surface area contributed by atoms with Crippen LogP contribution in [0.1, 0.15) is 43.0 Å². The molecule has 0 aliphatic carbocycles. The molecule has 0 atom stereocenters. The maximum Gasteiger partial charge on any atom is 0.116 e. The number of nitrogens with one attached hydrogen (secondary N) is 1. The zero-order valence-corrected chi connectivity index (χ0v) is 12.5. The van der Waals surface area contributed by atoms with E-state index in [-0.39, 0.29) is 0 Å². The Hall–Kier alpha value is -1.61. The lowest BCUT2D eigenvalue weighted by molar-refractivity contribution is 0.832. The molecular formula is C16H20N2S. The highest BCUT2D eigenvalue weighted by atomic mass is 32.1. The Kier molecular flexibility index (Phi) is 4.74. The molecule has 0 aliphatic heterocycles. The molecule has 2 rings (SSSR count). The lowest BCUT2D eigenvalue weighted by atomic mass is 10.1. The summed E-state index contributed by atoms with van der Waals surface area (Å²) < 4.78 is 0. The molecule has 1 heterocycles. The van der Waals surface area contributed by atoms with Crippen molar-refractivity contribution < 1.29 is 0 Å². The van der Waals surface area contributed by atoms with E-state index in [1.54, 1.807) is 11.3 Å². The predicted octanol–water partition coefficient (Wildman–Crippen LogP) is 4.87. The summed E-state index contributed by atoms with van der Waals surface area (Å²) in [5.74, 6) is 0.496. The first-order chi connectivity index (χ1) is 9.19. The SMILES string of the molecule is CCNc1cccc(/C=C/c2nc(C(C)C)cs2)c1.